The van der Waals surface area contributed by atoms with Crippen LogP contribution in [0.2, 0.25) is 0 Å². The van der Waals surface area contributed by atoms with Crippen molar-refractivity contribution in [2.45, 2.75) is 26.3 Å². The molecule has 8 heteroatoms. The van der Waals surface area contributed by atoms with Crippen molar-refractivity contribution in [2.24, 2.45) is 0 Å². The van der Waals surface area contributed by atoms with Gasteiger partial charge in [-0.25, -0.2) is 0 Å². The quantitative estimate of drug-likeness (QED) is 0.538. The second kappa shape index (κ2) is 7.08. The number of pyridine rings is 1. The van der Waals surface area contributed by atoms with Crippen molar-refractivity contribution in [3.05, 3.63) is 64.2 Å². The smallest absolute Gasteiger partial charge is 0.293 e. The molecule has 3 aromatic rings. The van der Waals surface area contributed by atoms with E-state index in [0.717, 1.165) is 5.56 Å². The van der Waals surface area contributed by atoms with Crippen LogP contribution in [0.3, 0.4) is 0 Å². The minimum atomic E-state index is -0.436. The van der Waals surface area contributed by atoms with Crippen molar-refractivity contribution in [3.8, 4) is 11.5 Å². The van der Waals surface area contributed by atoms with E-state index < -0.39 is 4.92 Å². The van der Waals surface area contributed by atoms with Gasteiger partial charge in [0.05, 0.1) is 4.92 Å². The third kappa shape index (κ3) is 3.79. The van der Waals surface area contributed by atoms with Crippen LogP contribution in [0.15, 0.2) is 47.2 Å². The lowest BCUT2D eigenvalue weighted by Gasteiger charge is -2.07. The van der Waals surface area contributed by atoms with E-state index in [1.807, 2.05) is 26.0 Å². The van der Waals surface area contributed by atoms with Crippen LogP contribution in [-0.2, 0) is 6.54 Å². The first-order chi connectivity index (χ1) is 12.0. The molecule has 25 heavy (non-hydrogen) atoms. The molecular formula is C17H17N5O3. The molecule has 128 valence electrons. The molecule has 0 saturated carbocycles. The van der Waals surface area contributed by atoms with Gasteiger partial charge in [0, 0.05) is 36.5 Å². The first kappa shape index (κ1) is 16.6. The number of rotatable bonds is 6. The van der Waals surface area contributed by atoms with Crippen molar-refractivity contribution in [1.29, 1.82) is 0 Å². The number of aromatic nitrogens is 3. The summed E-state index contributed by atoms with van der Waals surface area (Å²) in [6.45, 7) is 4.33. The summed E-state index contributed by atoms with van der Waals surface area (Å²) in [5, 5.41) is 18.4. The van der Waals surface area contributed by atoms with E-state index in [1.54, 1.807) is 24.5 Å². The molecule has 8 nitrogen and oxygen atoms in total. The lowest BCUT2D eigenvalue weighted by Crippen LogP contribution is -2.03. The molecule has 0 saturated heterocycles. The van der Waals surface area contributed by atoms with E-state index in [1.165, 1.54) is 6.07 Å². The van der Waals surface area contributed by atoms with Crippen molar-refractivity contribution >= 4 is 11.4 Å². The van der Waals surface area contributed by atoms with E-state index in [2.05, 4.69) is 20.4 Å². The van der Waals surface area contributed by atoms with E-state index in [0.29, 0.717) is 23.6 Å². The number of hydrogen-bond acceptors (Lipinski definition) is 7. The Kier molecular flexibility index (Phi) is 4.69. The van der Waals surface area contributed by atoms with Gasteiger partial charge in [-0.2, -0.15) is 4.98 Å². The predicted molar refractivity (Wildman–Crippen MR) is 92.0 cm³/mol. The van der Waals surface area contributed by atoms with Crippen molar-refractivity contribution in [1.82, 2.24) is 15.1 Å². The molecule has 0 spiro atoms. The van der Waals surface area contributed by atoms with Gasteiger partial charge in [0.1, 0.15) is 5.69 Å². The summed E-state index contributed by atoms with van der Waals surface area (Å²) in [6.07, 6.45) is 3.38. The van der Waals surface area contributed by atoms with Crippen LogP contribution in [0.5, 0.6) is 0 Å². The fourth-order valence-electron chi connectivity index (χ4n) is 2.25. The van der Waals surface area contributed by atoms with Gasteiger partial charge in [-0.1, -0.05) is 25.1 Å². The Morgan fingerprint density at radius 3 is 2.80 bits per heavy atom. The molecule has 0 aliphatic heterocycles. The zero-order chi connectivity index (χ0) is 17.8. The molecule has 0 aliphatic carbocycles. The molecule has 0 fully saturated rings. The zero-order valence-electron chi connectivity index (χ0n) is 13.8. The fourth-order valence-corrected chi connectivity index (χ4v) is 2.25. The highest BCUT2D eigenvalue weighted by Crippen LogP contribution is 2.30. The number of nitro benzene ring substituents is 1. The van der Waals surface area contributed by atoms with Gasteiger partial charge in [0.25, 0.3) is 11.6 Å². The van der Waals surface area contributed by atoms with Gasteiger partial charge >= 0.3 is 0 Å². The van der Waals surface area contributed by atoms with E-state index in [4.69, 9.17) is 4.52 Å². The monoisotopic (exact) mass is 339 g/mol. The molecule has 1 aromatic carbocycles. The lowest BCUT2D eigenvalue weighted by molar-refractivity contribution is -0.383. The predicted octanol–water partition coefficient (Wildman–Crippen LogP) is 3.78. The standard InChI is InChI=1S/C17H17N5O3/c1-11(2)16-20-17(25-21-16)13-5-6-14(15(8-13)22(23)24)19-10-12-4-3-7-18-9-12/h3-9,11,19H,10H2,1-2H3. The molecule has 0 atom stereocenters. The van der Waals surface area contributed by atoms with Gasteiger partial charge in [0.15, 0.2) is 5.82 Å². The molecule has 3 rings (SSSR count). The van der Waals surface area contributed by atoms with Gasteiger partial charge in [0.2, 0.25) is 0 Å². The molecule has 0 aliphatic rings. The van der Waals surface area contributed by atoms with Crippen LogP contribution in [-0.4, -0.2) is 20.0 Å². The van der Waals surface area contributed by atoms with Crippen LogP contribution >= 0.6 is 0 Å². The summed E-state index contributed by atoms with van der Waals surface area (Å²) in [5.41, 5.74) is 1.81. The summed E-state index contributed by atoms with van der Waals surface area (Å²) in [7, 11) is 0. The molecular weight excluding hydrogens is 322 g/mol. The largest absolute Gasteiger partial charge is 0.375 e. The summed E-state index contributed by atoms with van der Waals surface area (Å²) < 4.78 is 5.20. The molecule has 0 amide bonds. The average Bonchev–Trinajstić information content (AvgIpc) is 3.11. The molecule has 0 bridgehead atoms. The molecule has 0 radical (unpaired) electrons. The Morgan fingerprint density at radius 1 is 1.32 bits per heavy atom. The van der Waals surface area contributed by atoms with Crippen LogP contribution < -0.4 is 5.32 Å². The van der Waals surface area contributed by atoms with Gasteiger partial charge in [-0.3, -0.25) is 15.1 Å². The first-order valence-electron chi connectivity index (χ1n) is 7.80. The highest BCUT2D eigenvalue weighted by atomic mass is 16.6. The second-order valence-corrected chi connectivity index (χ2v) is 5.82. The summed E-state index contributed by atoms with van der Waals surface area (Å²) in [6, 6.07) is 8.50. The fraction of sp³-hybridized carbons (Fsp3) is 0.235. The van der Waals surface area contributed by atoms with Gasteiger partial charge in [-0.15, -0.1) is 0 Å². The van der Waals surface area contributed by atoms with Crippen LogP contribution in [0.1, 0.15) is 31.2 Å². The average molecular weight is 339 g/mol. The number of nitro groups is 1. The van der Waals surface area contributed by atoms with Crippen molar-refractivity contribution in [3.63, 3.8) is 0 Å². The van der Waals surface area contributed by atoms with Crippen molar-refractivity contribution < 1.29 is 9.45 Å². The van der Waals surface area contributed by atoms with Crippen molar-refractivity contribution in [2.75, 3.05) is 5.32 Å². The van der Waals surface area contributed by atoms with Gasteiger partial charge < -0.3 is 9.84 Å². The van der Waals surface area contributed by atoms with E-state index in [9.17, 15) is 10.1 Å². The number of hydrogen-bond donors (Lipinski definition) is 1. The number of nitrogens with zero attached hydrogens (tertiary/aromatic N) is 4. The van der Waals surface area contributed by atoms with Gasteiger partial charge in [-0.05, 0) is 23.8 Å². The Morgan fingerprint density at radius 2 is 2.16 bits per heavy atom. The lowest BCUT2D eigenvalue weighted by atomic mass is 10.1. The molecule has 2 heterocycles. The molecule has 2 aromatic heterocycles. The Labute approximate surface area is 144 Å². The topological polar surface area (TPSA) is 107 Å². The van der Waals surface area contributed by atoms with Crippen LogP contribution in [0.25, 0.3) is 11.5 Å². The normalized spacial score (nSPS) is 10.8. The Bertz CT molecular complexity index is 877. The number of benzene rings is 1. The van der Waals surface area contributed by atoms with Crippen LogP contribution in [0, 0.1) is 10.1 Å². The Balaban J connectivity index is 1.86. The maximum absolute atomic E-state index is 11.4. The SMILES string of the molecule is CC(C)c1noc(-c2ccc(NCc3cccnc3)c([N+](=O)[O-])c2)n1. The summed E-state index contributed by atoms with van der Waals surface area (Å²) >= 11 is 0. The minimum absolute atomic E-state index is 0.0503. The highest BCUT2D eigenvalue weighted by Gasteiger charge is 2.18. The van der Waals surface area contributed by atoms with E-state index >= 15 is 0 Å². The summed E-state index contributed by atoms with van der Waals surface area (Å²) in [4.78, 5) is 19.3. The maximum atomic E-state index is 11.4. The number of nitrogens with one attached hydrogen (secondary N) is 1. The third-order valence-corrected chi connectivity index (χ3v) is 3.61. The summed E-state index contributed by atoms with van der Waals surface area (Å²) in [5.74, 6) is 0.954. The molecule has 1 N–H and O–H groups in total. The third-order valence-electron chi connectivity index (χ3n) is 3.61. The molecule has 0 unspecified atom stereocenters. The van der Waals surface area contributed by atoms with Crippen LogP contribution in [0.4, 0.5) is 11.4 Å². The Hall–Kier alpha value is -3.29. The zero-order valence-corrected chi connectivity index (χ0v) is 13.8. The number of anilines is 1. The first-order valence-corrected chi connectivity index (χ1v) is 7.80. The maximum Gasteiger partial charge on any atom is 0.293 e. The van der Waals surface area contributed by atoms with E-state index in [-0.39, 0.29) is 17.5 Å². The second-order valence-electron chi connectivity index (χ2n) is 5.82. The minimum Gasteiger partial charge on any atom is -0.375 e. The highest BCUT2D eigenvalue weighted by molar-refractivity contribution is 5.69.